The number of fused-ring (bicyclic) bond motifs is 5. The standard InChI is InChI=1S/C26H27F3N6O3/c1-34-19-7-4-14(31-23-18(27)9-30-25(33-23)35-15-5-6-16(35)11-37-10-15)8-17(19)20-21(24(34)36)38-12-26(28,29)22(32-20)13-2-3-13/h4,7-9,13,15-16,22,32H,2-3,5-6,10-12H2,1H3,(H,30,31,33). The van der Waals surface area contributed by atoms with E-state index < -0.39 is 29.9 Å². The maximum atomic E-state index is 14.9. The second kappa shape index (κ2) is 8.48. The third-order valence-corrected chi connectivity index (χ3v) is 8.08. The molecule has 1 saturated carbocycles. The highest BCUT2D eigenvalue weighted by atomic mass is 19.3. The number of anilines is 4. The summed E-state index contributed by atoms with van der Waals surface area (Å²) in [5.74, 6) is -3.65. The fraction of sp³-hybridized carbons (Fsp3) is 0.500. The third-order valence-electron chi connectivity index (χ3n) is 8.08. The minimum Gasteiger partial charge on any atom is -0.480 e. The summed E-state index contributed by atoms with van der Waals surface area (Å²) in [7, 11) is 1.57. The Morgan fingerprint density at radius 1 is 1.16 bits per heavy atom. The third kappa shape index (κ3) is 3.76. The van der Waals surface area contributed by atoms with Crippen LogP contribution in [0.4, 0.5) is 36.3 Å². The van der Waals surface area contributed by atoms with Crippen LogP contribution in [0.1, 0.15) is 25.7 Å². The van der Waals surface area contributed by atoms with Gasteiger partial charge in [0.2, 0.25) is 11.7 Å². The van der Waals surface area contributed by atoms with Gasteiger partial charge >= 0.3 is 5.92 Å². The minimum absolute atomic E-state index is 0.00255. The predicted molar refractivity (Wildman–Crippen MR) is 135 cm³/mol. The molecule has 2 N–H and O–H groups in total. The highest BCUT2D eigenvalue weighted by Crippen LogP contribution is 2.45. The van der Waals surface area contributed by atoms with Crippen LogP contribution in [-0.2, 0) is 11.8 Å². The number of halogens is 3. The molecule has 5 heterocycles. The molecule has 12 heteroatoms. The summed E-state index contributed by atoms with van der Waals surface area (Å²) in [5.41, 5.74) is 0.741. The van der Waals surface area contributed by atoms with Gasteiger partial charge in [-0.3, -0.25) is 4.79 Å². The maximum Gasteiger partial charge on any atom is 0.301 e. The van der Waals surface area contributed by atoms with Crippen LogP contribution in [0.3, 0.4) is 0 Å². The van der Waals surface area contributed by atoms with Crippen molar-refractivity contribution >= 4 is 34.0 Å². The highest BCUT2D eigenvalue weighted by Gasteiger charge is 2.51. The van der Waals surface area contributed by atoms with Gasteiger partial charge in [0.15, 0.2) is 18.2 Å². The van der Waals surface area contributed by atoms with E-state index in [0.29, 0.717) is 48.6 Å². The number of nitrogens with zero attached hydrogens (tertiary/aromatic N) is 4. The van der Waals surface area contributed by atoms with Crippen LogP contribution in [0, 0.1) is 11.7 Å². The molecule has 3 atom stereocenters. The monoisotopic (exact) mass is 528 g/mol. The molecule has 3 aromatic rings. The Kier molecular flexibility index (Phi) is 5.26. The number of hydrogen-bond acceptors (Lipinski definition) is 8. The Balaban J connectivity index is 1.28. The summed E-state index contributed by atoms with van der Waals surface area (Å²) in [6.45, 7) is 0.306. The largest absolute Gasteiger partial charge is 0.480 e. The van der Waals surface area contributed by atoms with Gasteiger partial charge in [0.05, 0.1) is 48.7 Å². The van der Waals surface area contributed by atoms with Gasteiger partial charge in [-0.15, -0.1) is 0 Å². The quantitative estimate of drug-likeness (QED) is 0.529. The average molecular weight is 529 g/mol. The Morgan fingerprint density at radius 3 is 2.66 bits per heavy atom. The van der Waals surface area contributed by atoms with Crippen LogP contribution in [0.15, 0.2) is 29.2 Å². The first kappa shape index (κ1) is 23.6. The van der Waals surface area contributed by atoms with E-state index >= 15 is 0 Å². The molecule has 9 nitrogen and oxygen atoms in total. The van der Waals surface area contributed by atoms with Crippen molar-refractivity contribution in [1.82, 2.24) is 14.5 Å². The highest BCUT2D eigenvalue weighted by molar-refractivity contribution is 5.97. The number of alkyl halides is 2. The first-order chi connectivity index (χ1) is 18.3. The zero-order valence-electron chi connectivity index (χ0n) is 20.7. The molecule has 200 valence electrons. The van der Waals surface area contributed by atoms with Crippen LogP contribution in [0.25, 0.3) is 10.9 Å². The van der Waals surface area contributed by atoms with E-state index in [2.05, 4.69) is 25.5 Å². The fourth-order valence-electron chi connectivity index (χ4n) is 5.95. The molecule has 3 unspecified atom stereocenters. The van der Waals surface area contributed by atoms with Crippen LogP contribution in [0.5, 0.6) is 5.75 Å². The van der Waals surface area contributed by atoms with Crippen molar-refractivity contribution in [2.75, 3.05) is 35.4 Å². The number of nitrogens with one attached hydrogen (secondary N) is 2. The van der Waals surface area contributed by atoms with E-state index in [1.165, 1.54) is 4.57 Å². The van der Waals surface area contributed by atoms with Gasteiger partial charge < -0.3 is 29.6 Å². The summed E-state index contributed by atoms with van der Waals surface area (Å²) in [4.78, 5) is 23.8. The molecule has 1 aliphatic carbocycles. The molecule has 1 aromatic carbocycles. The Morgan fingerprint density at radius 2 is 1.92 bits per heavy atom. The van der Waals surface area contributed by atoms with Crippen LogP contribution >= 0.6 is 0 Å². The second-order valence-corrected chi connectivity index (χ2v) is 10.6. The first-order valence-corrected chi connectivity index (χ1v) is 12.9. The van der Waals surface area contributed by atoms with E-state index in [1.54, 1.807) is 25.2 Å². The molecule has 2 saturated heterocycles. The van der Waals surface area contributed by atoms with Crippen LogP contribution in [-0.4, -0.2) is 58.4 Å². The first-order valence-electron chi connectivity index (χ1n) is 12.9. The fourth-order valence-corrected chi connectivity index (χ4v) is 5.95. The Labute approximate surface area is 216 Å². The number of rotatable bonds is 4. The molecule has 0 radical (unpaired) electrons. The number of morpholine rings is 1. The van der Waals surface area contributed by atoms with Gasteiger partial charge in [0.25, 0.3) is 5.56 Å². The smallest absolute Gasteiger partial charge is 0.301 e. The summed E-state index contributed by atoms with van der Waals surface area (Å²) >= 11 is 0. The molecule has 3 aliphatic heterocycles. The Bertz CT molecular complexity index is 1480. The molecule has 0 spiro atoms. The van der Waals surface area contributed by atoms with E-state index in [9.17, 15) is 18.0 Å². The number of ether oxygens (including phenoxy) is 2. The lowest BCUT2D eigenvalue weighted by Gasteiger charge is -2.34. The molecule has 0 amide bonds. The molecular weight excluding hydrogens is 501 g/mol. The van der Waals surface area contributed by atoms with Crippen molar-refractivity contribution in [2.45, 2.75) is 49.7 Å². The number of aryl methyl sites for hydroxylation is 1. The van der Waals surface area contributed by atoms with Crippen molar-refractivity contribution in [3.8, 4) is 5.75 Å². The van der Waals surface area contributed by atoms with Gasteiger partial charge in [0, 0.05) is 18.1 Å². The predicted octanol–water partition coefficient (Wildman–Crippen LogP) is 3.80. The van der Waals surface area contributed by atoms with Gasteiger partial charge in [-0.1, -0.05) is 0 Å². The summed E-state index contributed by atoms with van der Waals surface area (Å²) < 4.78 is 57.1. The van der Waals surface area contributed by atoms with Crippen molar-refractivity contribution in [3.63, 3.8) is 0 Å². The van der Waals surface area contributed by atoms with Gasteiger partial charge in [-0.25, -0.2) is 18.2 Å². The number of hydrogen-bond donors (Lipinski definition) is 2. The maximum absolute atomic E-state index is 14.9. The summed E-state index contributed by atoms with van der Waals surface area (Å²) in [5, 5.41) is 6.50. The zero-order chi connectivity index (χ0) is 26.2. The van der Waals surface area contributed by atoms with Gasteiger partial charge in [0.1, 0.15) is 0 Å². The number of aromatic nitrogens is 3. The van der Waals surface area contributed by atoms with E-state index in [4.69, 9.17) is 9.47 Å². The topological polar surface area (TPSA) is 93.5 Å². The van der Waals surface area contributed by atoms with Crippen molar-refractivity contribution in [3.05, 3.63) is 40.6 Å². The average Bonchev–Trinajstić information content (AvgIpc) is 3.71. The SMILES string of the molecule is Cn1c(=O)c2c(c3cc(Nc4nc(N5C6CCC5COC6)ncc4F)ccc31)NC(C1CC1)C(F)(F)CO2. The lowest BCUT2D eigenvalue weighted by Crippen LogP contribution is -2.46. The normalized spacial score (nSPS) is 25.9. The lowest BCUT2D eigenvalue weighted by molar-refractivity contribution is -0.0579. The van der Waals surface area contributed by atoms with Crippen LogP contribution in [0.2, 0.25) is 0 Å². The molecular formula is C26H27F3N6O3. The van der Waals surface area contributed by atoms with Gasteiger partial charge in [-0.2, -0.15) is 4.98 Å². The van der Waals surface area contributed by atoms with Crippen molar-refractivity contribution in [1.29, 1.82) is 0 Å². The molecule has 3 fully saturated rings. The molecule has 2 aromatic heterocycles. The van der Waals surface area contributed by atoms with Crippen molar-refractivity contribution in [2.24, 2.45) is 13.0 Å². The zero-order valence-corrected chi connectivity index (χ0v) is 20.7. The molecule has 7 rings (SSSR count). The second-order valence-electron chi connectivity index (χ2n) is 10.6. The van der Waals surface area contributed by atoms with Gasteiger partial charge in [-0.05, 0) is 49.8 Å². The van der Waals surface area contributed by atoms with E-state index in [-0.39, 0.29) is 35.3 Å². The summed E-state index contributed by atoms with van der Waals surface area (Å²) in [6.07, 6.45) is 4.47. The lowest BCUT2D eigenvalue weighted by atomic mass is 10.0. The molecule has 2 bridgehead atoms. The number of benzene rings is 1. The van der Waals surface area contributed by atoms with Crippen molar-refractivity contribution < 1.29 is 22.6 Å². The molecule has 4 aliphatic rings. The molecule has 38 heavy (non-hydrogen) atoms. The summed E-state index contributed by atoms with van der Waals surface area (Å²) in [6, 6.07) is 4.26. The minimum atomic E-state index is -3.13. The van der Waals surface area contributed by atoms with Crippen LogP contribution < -0.4 is 25.8 Å². The van der Waals surface area contributed by atoms with E-state index in [1.807, 2.05) is 0 Å². The number of pyridine rings is 1. The Hall–Kier alpha value is -3.54. The van der Waals surface area contributed by atoms with E-state index in [0.717, 1.165) is 19.0 Å².